The van der Waals surface area contributed by atoms with E-state index in [4.69, 9.17) is 4.74 Å². The van der Waals surface area contributed by atoms with Gasteiger partial charge in [-0.05, 0) is 53.2 Å². The number of carbonyl (C=O) groups excluding carboxylic acids is 1. The molecule has 0 radical (unpaired) electrons. The minimum atomic E-state index is -4.97. The molecule has 7 nitrogen and oxygen atoms in total. The van der Waals surface area contributed by atoms with Crippen LogP contribution in [0.4, 0.5) is 26.3 Å². The van der Waals surface area contributed by atoms with Gasteiger partial charge in [0.1, 0.15) is 0 Å². The van der Waals surface area contributed by atoms with Gasteiger partial charge in [-0.3, -0.25) is 9.48 Å². The van der Waals surface area contributed by atoms with Gasteiger partial charge >= 0.3 is 12.4 Å². The van der Waals surface area contributed by atoms with Crippen molar-refractivity contribution < 1.29 is 35.9 Å². The fourth-order valence-electron chi connectivity index (χ4n) is 4.63. The molecule has 1 atom stereocenters. The van der Waals surface area contributed by atoms with Crippen LogP contribution in [0.15, 0.2) is 52.5 Å². The first-order valence-corrected chi connectivity index (χ1v) is 13.0. The van der Waals surface area contributed by atoms with Crippen molar-refractivity contribution in [2.24, 2.45) is 4.99 Å². The molecule has 1 unspecified atom stereocenters. The molecule has 3 heterocycles. The SMILES string of the molecule is COCC1CN(C2=NC(=O)C(=Cc3ccc4c(cnn4Cc4ccc(C(F)(F)F)cc4C(F)(F)F)c3)S2)CCN1. The molecule has 1 amide bonds. The molecule has 1 fully saturated rings. The molecule has 1 saturated heterocycles. The van der Waals surface area contributed by atoms with Gasteiger partial charge < -0.3 is 15.0 Å². The molecule has 2 aromatic carbocycles. The number of benzene rings is 2. The number of aromatic nitrogens is 2. The standard InChI is InChI=1S/C26H23F6N5O2S/c1-39-14-19-13-36(7-6-33-19)24-35-23(38)22(40-24)9-15-2-5-21-17(8-15)11-34-37(21)12-16-3-4-18(25(27,28)29)10-20(16)26(30,31)32/h2-5,8-11,19,33H,6-7,12-14H2,1H3. The molecule has 0 bridgehead atoms. The first-order valence-electron chi connectivity index (χ1n) is 12.1. The molecule has 1 aromatic heterocycles. The Labute approximate surface area is 228 Å². The molecular weight excluding hydrogens is 560 g/mol. The average molecular weight is 584 g/mol. The monoisotopic (exact) mass is 583 g/mol. The zero-order chi connectivity index (χ0) is 28.7. The number of alkyl halides is 6. The van der Waals surface area contributed by atoms with E-state index in [0.29, 0.717) is 52.3 Å². The molecule has 3 aromatic rings. The van der Waals surface area contributed by atoms with Crippen molar-refractivity contribution in [1.82, 2.24) is 20.0 Å². The summed E-state index contributed by atoms with van der Waals surface area (Å²) >= 11 is 1.27. The Morgan fingerprint density at radius 3 is 2.65 bits per heavy atom. The molecule has 2 aliphatic rings. The molecule has 5 rings (SSSR count). The zero-order valence-corrected chi connectivity index (χ0v) is 21.8. The van der Waals surface area contributed by atoms with Gasteiger partial charge in [0.2, 0.25) is 0 Å². The second kappa shape index (κ2) is 10.9. The fraction of sp³-hybridized carbons (Fsp3) is 0.346. The highest BCUT2D eigenvalue weighted by atomic mass is 32.2. The van der Waals surface area contributed by atoms with E-state index in [9.17, 15) is 31.1 Å². The molecule has 40 heavy (non-hydrogen) atoms. The van der Waals surface area contributed by atoms with Crippen LogP contribution in [-0.4, -0.2) is 65.1 Å². The van der Waals surface area contributed by atoms with Crippen molar-refractivity contribution in [3.05, 3.63) is 69.8 Å². The summed E-state index contributed by atoms with van der Waals surface area (Å²) in [5, 5.41) is 8.72. The summed E-state index contributed by atoms with van der Waals surface area (Å²) in [6.45, 7) is 2.25. The van der Waals surface area contributed by atoms with Gasteiger partial charge in [-0.15, -0.1) is 0 Å². The van der Waals surface area contributed by atoms with Gasteiger partial charge in [0.15, 0.2) is 5.17 Å². The smallest absolute Gasteiger partial charge is 0.383 e. The zero-order valence-electron chi connectivity index (χ0n) is 21.0. The second-order valence-corrected chi connectivity index (χ2v) is 10.4. The fourth-order valence-corrected chi connectivity index (χ4v) is 5.58. The van der Waals surface area contributed by atoms with Crippen LogP contribution in [0.25, 0.3) is 17.0 Å². The number of carbonyl (C=O) groups is 1. The third-order valence-electron chi connectivity index (χ3n) is 6.53. The van der Waals surface area contributed by atoms with Crippen LogP contribution in [0.5, 0.6) is 0 Å². The number of methoxy groups -OCH3 is 1. The van der Waals surface area contributed by atoms with Gasteiger partial charge in [0.05, 0.1) is 40.9 Å². The van der Waals surface area contributed by atoms with E-state index in [1.165, 1.54) is 22.6 Å². The highest BCUT2D eigenvalue weighted by Gasteiger charge is 2.38. The molecule has 0 aliphatic carbocycles. The Morgan fingerprint density at radius 2 is 1.93 bits per heavy atom. The normalized spacial score (nSPS) is 19.6. The van der Waals surface area contributed by atoms with Crippen LogP contribution in [-0.2, 0) is 28.4 Å². The van der Waals surface area contributed by atoms with Crippen LogP contribution in [0, 0.1) is 0 Å². The number of nitrogens with zero attached hydrogens (tertiary/aromatic N) is 4. The topological polar surface area (TPSA) is 71.8 Å². The Bertz CT molecular complexity index is 1490. The van der Waals surface area contributed by atoms with Gasteiger partial charge in [-0.25, -0.2) is 0 Å². The van der Waals surface area contributed by atoms with Crippen molar-refractivity contribution in [3.8, 4) is 0 Å². The number of amidine groups is 1. The first-order chi connectivity index (χ1) is 18.9. The molecule has 1 N–H and O–H groups in total. The summed E-state index contributed by atoms with van der Waals surface area (Å²) in [6.07, 6.45) is -6.73. The number of thioether (sulfide) groups is 1. The predicted octanol–water partition coefficient (Wildman–Crippen LogP) is 5.01. The van der Waals surface area contributed by atoms with Crippen molar-refractivity contribution in [3.63, 3.8) is 0 Å². The predicted molar refractivity (Wildman–Crippen MR) is 139 cm³/mol. The van der Waals surface area contributed by atoms with Gasteiger partial charge in [-0.2, -0.15) is 36.4 Å². The van der Waals surface area contributed by atoms with Gasteiger partial charge in [0, 0.05) is 38.2 Å². The summed E-state index contributed by atoms with van der Waals surface area (Å²) in [6, 6.07) is 6.77. The van der Waals surface area contributed by atoms with Crippen LogP contribution in [0.2, 0.25) is 0 Å². The van der Waals surface area contributed by atoms with E-state index >= 15 is 0 Å². The van der Waals surface area contributed by atoms with E-state index < -0.39 is 23.5 Å². The summed E-state index contributed by atoms with van der Waals surface area (Å²) in [4.78, 5) is 19.3. The summed E-state index contributed by atoms with van der Waals surface area (Å²) < 4.78 is 86.3. The highest BCUT2D eigenvalue weighted by molar-refractivity contribution is 8.18. The van der Waals surface area contributed by atoms with Crippen LogP contribution in [0.3, 0.4) is 0 Å². The quantitative estimate of drug-likeness (QED) is 0.337. The lowest BCUT2D eigenvalue weighted by atomic mass is 10.0. The third kappa shape index (κ3) is 6.03. The lowest BCUT2D eigenvalue weighted by molar-refractivity contribution is -0.143. The first kappa shape index (κ1) is 28.2. The van der Waals surface area contributed by atoms with E-state index in [1.807, 2.05) is 4.90 Å². The van der Waals surface area contributed by atoms with E-state index in [-0.39, 0.29) is 30.1 Å². The second-order valence-electron chi connectivity index (χ2n) is 9.35. The molecular formula is C26H23F6N5O2S. The van der Waals surface area contributed by atoms with Gasteiger partial charge in [0.25, 0.3) is 5.91 Å². The van der Waals surface area contributed by atoms with Gasteiger partial charge in [-0.1, -0.05) is 12.1 Å². The number of fused-ring (bicyclic) bond motifs is 1. The molecule has 212 valence electrons. The number of aliphatic imine (C=N–C) groups is 1. The average Bonchev–Trinajstić information content (AvgIpc) is 3.46. The number of amides is 1. The molecule has 0 spiro atoms. The lowest BCUT2D eigenvalue weighted by Crippen LogP contribution is -2.53. The Kier molecular flexibility index (Phi) is 7.68. The van der Waals surface area contributed by atoms with Crippen LogP contribution in [0.1, 0.15) is 22.3 Å². The Hall–Kier alpha value is -3.36. The number of piperazine rings is 1. The summed E-state index contributed by atoms with van der Waals surface area (Å²) in [5.41, 5.74) is -1.91. The van der Waals surface area contributed by atoms with Crippen molar-refractivity contribution >= 4 is 39.8 Å². The number of nitrogens with one attached hydrogen (secondary N) is 1. The minimum absolute atomic E-state index is 0.121. The van der Waals surface area contributed by atoms with E-state index in [0.717, 1.165) is 12.6 Å². The van der Waals surface area contributed by atoms with E-state index in [1.54, 1.807) is 31.4 Å². The number of hydrogen-bond acceptors (Lipinski definition) is 6. The molecule has 14 heteroatoms. The number of rotatable bonds is 5. The maximum atomic E-state index is 13.6. The largest absolute Gasteiger partial charge is 0.416 e. The molecule has 0 saturated carbocycles. The van der Waals surface area contributed by atoms with E-state index in [2.05, 4.69) is 15.4 Å². The Morgan fingerprint density at radius 1 is 1.12 bits per heavy atom. The van der Waals surface area contributed by atoms with Crippen molar-refractivity contribution in [1.29, 1.82) is 0 Å². The minimum Gasteiger partial charge on any atom is -0.383 e. The highest BCUT2D eigenvalue weighted by Crippen LogP contribution is 2.38. The number of hydrogen-bond donors (Lipinski definition) is 1. The maximum Gasteiger partial charge on any atom is 0.416 e. The maximum absolute atomic E-state index is 13.6. The molecule has 2 aliphatic heterocycles. The lowest BCUT2D eigenvalue weighted by Gasteiger charge is -2.34. The summed E-state index contributed by atoms with van der Waals surface area (Å²) in [5.74, 6) is -0.361. The van der Waals surface area contributed by atoms with Crippen molar-refractivity contribution in [2.45, 2.75) is 24.9 Å². The third-order valence-corrected chi connectivity index (χ3v) is 7.57. The summed E-state index contributed by atoms with van der Waals surface area (Å²) in [7, 11) is 1.63. The number of halogens is 6. The number of ether oxygens (including phenoxy) is 1. The van der Waals surface area contributed by atoms with Crippen molar-refractivity contribution in [2.75, 3.05) is 33.4 Å². The van der Waals surface area contributed by atoms with Crippen LogP contribution < -0.4 is 5.32 Å². The van der Waals surface area contributed by atoms with Crippen LogP contribution >= 0.6 is 11.8 Å². The Balaban J connectivity index is 1.35.